The summed E-state index contributed by atoms with van der Waals surface area (Å²) in [5, 5.41) is 8.67. The van der Waals surface area contributed by atoms with E-state index in [2.05, 4.69) is 0 Å². The number of rotatable bonds is 4. The number of hydrogen-bond acceptors (Lipinski definition) is 4. The van der Waals surface area contributed by atoms with Crippen LogP contribution in [-0.4, -0.2) is 22.8 Å². The van der Waals surface area contributed by atoms with E-state index in [9.17, 15) is 14.4 Å². The van der Waals surface area contributed by atoms with Crippen LogP contribution >= 0.6 is 0 Å². The number of ether oxygens (including phenoxy) is 1. The van der Waals surface area contributed by atoms with Gasteiger partial charge in [-0.2, -0.15) is 0 Å². The number of esters is 1. The largest absolute Gasteiger partial charge is 0.475 e. The summed E-state index contributed by atoms with van der Waals surface area (Å²) in [4.78, 5) is 33.0. The van der Waals surface area contributed by atoms with Gasteiger partial charge in [-0.15, -0.1) is 0 Å². The highest BCUT2D eigenvalue weighted by atomic mass is 16.5. The fraction of sp³-hybridized carbons (Fsp3) is 0.250. The van der Waals surface area contributed by atoms with Gasteiger partial charge in [0.05, 0.1) is 5.56 Å². The predicted molar refractivity (Wildman–Crippen MR) is 59.1 cm³/mol. The van der Waals surface area contributed by atoms with E-state index >= 15 is 0 Å². The second-order valence-electron chi connectivity index (χ2n) is 3.38. The summed E-state index contributed by atoms with van der Waals surface area (Å²) in [7, 11) is 0. The zero-order valence-electron chi connectivity index (χ0n) is 9.52. The molecule has 0 radical (unpaired) electrons. The van der Waals surface area contributed by atoms with Crippen LogP contribution in [0.4, 0.5) is 0 Å². The lowest BCUT2D eigenvalue weighted by atomic mass is 10.0. The van der Waals surface area contributed by atoms with E-state index in [-0.39, 0.29) is 11.3 Å². The highest BCUT2D eigenvalue weighted by Crippen LogP contribution is 2.25. The molecule has 0 saturated heterocycles. The summed E-state index contributed by atoms with van der Waals surface area (Å²) in [6, 6.07) is 4.56. The molecule has 0 saturated carbocycles. The van der Waals surface area contributed by atoms with Crippen LogP contribution in [0, 0.1) is 0 Å². The van der Waals surface area contributed by atoms with Crippen LogP contribution in [0.2, 0.25) is 0 Å². The summed E-state index contributed by atoms with van der Waals surface area (Å²) in [6.07, 6.45) is 0.531. The number of para-hydroxylation sites is 1. The van der Waals surface area contributed by atoms with Gasteiger partial charge < -0.3 is 9.84 Å². The zero-order valence-corrected chi connectivity index (χ0v) is 9.52. The fourth-order valence-electron chi connectivity index (χ4n) is 1.42. The first kappa shape index (κ1) is 12.9. The molecule has 90 valence electrons. The van der Waals surface area contributed by atoms with Crippen LogP contribution in [0.5, 0.6) is 5.75 Å². The van der Waals surface area contributed by atoms with Crippen molar-refractivity contribution in [3.63, 3.8) is 0 Å². The molecule has 0 atom stereocenters. The van der Waals surface area contributed by atoms with Crippen LogP contribution in [0.3, 0.4) is 0 Å². The number of carbonyl (C=O) groups is 3. The van der Waals surface area contributed by atoms with Crippen molar-refractivity contribution in [2.45, 2.75) is 20.3 Å². The first-order valence-corrected chi connectivity index (χ1v) is 5.05. The average Bonchev–Trinajstić information content (AvgIpc) is 2.27. The molecule has 0 aromatic heterocycles. The van der Waals surface area contributed by atoms with Gasteiger partial charge in [-0.05, 0) is 18.1 Å². The van der Waals surface area contributed by atoms with Gasteiger partial charge in [0, 0.05) is 6.92 Å². The van der Waals surface area contributed by atoms with Gasteiger partial charge in [-0.3, -0.25) is 9.59 Å². The molecule has 0 aliphatic carbocycles. The van der Waals surface area contributed by atoms with Crippen molar-refractivity contribution in [2.75, 3.05) is 0 Å². The monoisotopic (exact) mass is 236 g/mol. The third kappa shape index (κ3) is 2.90. The zero-order chi connectivity index (χ0) is 13.0. The maximum Gasteiger partial charge on any atom is 0.377 e. The molecule has 0 spiro atoms. The Kier molecular flexibility index (Phi) is 3.98. The van der Waals surface area contributed by atoms with E-state index in [1.165, 1.54) is 13.0 Å². The van der Waals surface area contributed by atoms with Crippen molar-refractivity contribution in [1.82, 2.24) is 0 Å². The van der Waals surface area contributed by atoms with Gasteiger partial charge in [-0.25, -0.2) is 4.79 Å². The van der Waals surface area contributed by atoms with Gasteiger partial charge >= 0.3 is 11.9 Å². The molecule has 0 unspecified atom stereocenters. The van der Waals surface area contributed by atoms with Gasteiger partial charge in [0.15, 0.2) is 0 Å². The van der Waals surface area contributed by atoms with E-state index in [0.717, 1.165) is 0 Å². The number of hydrogen-bond donors (Lipinski definition) is 1. The van der Waals surface area contributed by atoms with Gasteiger partial charge in [0.2, 0.25) is 0 Å². The molecule has 0 heterocycles. The van der Waals surface area contributed by atoms with E-state index in [4.69, 9.17) is 9.84 Å². The number of carboxylic acids is 1. The highest BCUT2D eigenvalue weighted by Gasteiger charge is 2.22. The van der Waals surface area contributed by atoms with E-state index < -0.39 is 17.7 Å². The Bertz CT molecular complexity index is 476. The summed E-state index contributed by atoms with van der Waals surface area (Å²) < 4.78 is 4.92. The van der Waals surface area contributed by atoms with Crippen molar-refractivity contribution in [3.05, 3.63) is 29.3 Å². The summed E-state index contributed by atoms with van der Waals surface area (Å²) in [5.41, 5.74) is 0.513. The minimum Gasteiger partial charge on any atom is -0.475 e. The molecule has 5 nitrogen and oxygen atoms in total. The van der Waals surface area contributed by atoms with Crippen LogP contribution in [0.1, 0.15) is 29.8 Å². The second-order valence-corrected chi connectivity index (χ2v) is 3.38. The highest BCUT2D eigenvalue weighted by molar-refractivity contribution is 6.40. The van der Waals surface area contributed by atoms with Crippen molar-refractivity contribution in [3.8, 4) is 5.75 Å². The number of carboxylic acid groups (broad SMARTS) is 1. The lowest BCUT2D eigenvalue weighted by Gasteiger charge is -2.10. The molecule has 1 N–H and O–H groups in total. The molecular weight excluding hydrogens is 224 g/mol. The Balaban J connectivity index is 3.33. The number of Topliss-reactive ketones (excluding diaryl/α,β-unsaturated/α-hetero) is 1. The summed E-state index contributed by atoms with van der Waals surface area (Å²) in [5.74, 6) is -3.22. The molecule has 0 fully saturated rings. The summed E-state index contributed by atoms with van der Waals surface area (Å²) >= 11 is 0. The molecule has 17 heavy (non-hydrogen) atoms. The van der Waals surface area contributed by atoms with E-state index in [1.54, 1.807) is 12.1 Å². The quantitative estimate of drug-likeness (QED) is 0.370. The standard InChI is InChI=1S/C12H12O5/c1-3-8-5-4-6-9(10(14)12(15)16)11(8)17-7(2)13/h4-6H,3H2,1-2H3,(H,15,16). The SMILES string of the molecule is CCc1cccc(C(=O)C(=O)O)c1OC(C)=O. The minimum atomic E-state index is -1.58. The van der Waals surface area contributed by atoms with Crippen LogP contribution in [0.25, 0.3) is 0 Å². The van der Waals surface area contributed by atoms with Crippen molar-refractivity contribution >= 4 is 17.7 Å². The molecule has 1 aromatic carbocycles. The third-order valence-electron chi connectivity index (χ3n) is 2.16. The number of ketones is 1. The first-order chi connectivity index (χ1) is 7.97. The van der Waals surface area contributed by atoms with Crippen molar-refractivity contribution in [2.24, 2.45) is 0 Å². The Morgan fingerprint density at radius 1 is 1.29 bits per heavy atom. The fourth-order valence-corrected chi connectivity index (χ4v) is 1.42. The molecule has 0 bridgehead atoms. The first-order valence-electron chi connectivity index (χ1n) is 5.05. The maximum absolute atomic E-state index is 11.4. The third-order valence-corrected chi connectivity index (χ3v) is 2.16. The summed E-state index contributed by atoms with van der Waals surface area (Å²) in [6.45, 7) is 3.01. The van der Waals surface area contributed by atoms with E-state index in [1.807, 2.05) is 6.92 Å². The second kappa shape index (κ2) is 5.25. The van der Waals surface area contributed by atoms with Crippen LogP contribution in [0.15, 0.2) is 18.2 Å². The number of aryl methyl sites for hydroxylation is 1. The number of aliphatic carboxylic acids is 1. The molecule has 1 aromatic rings. The van der Waals surface area contributed by atoms with Crippen molar-refractivity contribution < 1.29 is 24.2 Å². The molecule has 1 rings (SSSR count). The van der Waals surface area contributed by atoms with Crippen LogP contribution < -0.4 is 4.74 Å². The average molecular weight is 236 g/mol. The van der Waals surface area contributed by atoms with Crippen molar-refractivity contribution in [1.29, 1.82) is 0 Å². The smallest absolute Gasteiger partial charge is 0.377 e. The Morgan fingerprint density at radius 3 is 2.41 bits per heavy atom. The topological polar surface area (TPSA) is 80.7 Å². The molecule has 0 aliphatic rings. The molecule has 0 aliphatic heterocycles. The van der Waals surface area contributed by atoms with Crippen LogP contribution in [-0.2, 0) is 16.0 Å². The Labute approximate surface area is 98.0 Å². The molecular formula is C12H12O5. The predicted octanol–water partition coefficient (Wildman–Crippen LogP) is 1.44. The Hall–Kier alpha value is -2.17. The minimum absolute atomic E-state index is 0.0369. The number of carbonyl (C=O) groups excluding carboxylic acids is 2. The Morgan fingerprint density at radius 2 is 1.94 bits per heavy atom. The molecule has 5 heteroatoms. The number of benzene rings is 1. The lowest BCUT2D eigenvalue weighted by Crippen LogP contribution is -2.16. The lowest BCUT2D eigenvalue weighted by molar-refractivity contribution is -0.133. The van der Waals surface area contributed by atoms with E-state index in [0.29, 0.717) is 12.0 Å². The van der Waals surface area contributed by atoms with Gasteiger partial charge in [0.25, 0.3) is 5.78 Å². The van der Waals surface area contributed by atoms with Gasteiger partial charge in [-0.1, -0.05) is 19.1 Å². The normalized spacial score (nSPS) is 9.76. The van der Waals surface area contributed by atoms with Gasteiger partial charge in [0.1, 0.15) is 5.75 Å². The maximum atomic E-state index is 11.4. The molecule has 0 amide bonds.